The van der Waals surface area contributed by atoms with Gasteiger partial charge in [0.15, 0.2) is 0 Å². The molecule has 1 amide bonds. The fraction of sp³-hybridized carbons (Fsp3) is 0.438. The fourth-order valence-corrected chi connectivity index (χ4v) is 2.75. The molecule has 1 aromatic heterocycles. The van der Waals surface area contributed by atoms with E-state index in [1.165, 1.54) is 0 Å². The van der Waals surface area contributed by atoms with Crippen molar-refractivity contribution in [3.05, 3.63) is 36.1 Å². The molecular formula is C16H21ClN2O2. The van der Waals surface area contributed by atoms with E-state index >= 15 is 0 Å². The van der Waals surface area contributed by atoms with Gasteiger partial charge in [0.1, 0.15) is 11.3 Å². The number of rotatable bonds is 2. The van der Waals surface area contributed by atoms with Gasteiger partial charge < -0.3 is 14.6 Å². The largest absolute Gasteiger partial charge is 0.460 e. The smallest absolute Gasteiger partial charge is 0.233 e. The van der Waals surface area contributed by atoms with Crippen molar-refractivity contribution < 1.29 is 9.21 Å². The summed E-state index contributed by atoms with van der Waals surface area (Å²) in [5.74, 6) is 0.669. The van der Waals surface area contributed by atoms with Crippen LogP contribution in [0.5, 0.6) is 0 Å². The predicted molar refractivity (Wildman–Crippen MR) is 85.9 cm³/mol. The number of halogens is 1. The molecule has 3 rings (SSSR count). The number of benzene rings is 1. The van der Waals surface area contributed by atoms with Gasteiger partial charge in [0.2, 0.25) is 5.91 Å². The van der Waals surface area contributed by atoms with E-state index < -0.39 is 0 Å². The third-order valence-corrected chi connectivity index (χ3v) is 4.03. The van der Waals surface area contributed by atoms with Gasteiger partial charge in [-0.05, 0) is 26.0 Å². The Bertz CT molecular complexity index is 593. The Labute approximate surface area is 130 Å². The van der Waals surface area contributed by atoms with Crippen molar-refractivity contribution in [2.75, 3.05) is 19.6 Å². The molecule has 1 aromatic carbocycles. The highest BCUT2D eigenvalue weighted by Crippen LogP contribution is 2.26. The minimum atomic E-state index is -0.233. The van der Waals surface area contributed by atoms with Crippen molar-refractivity contribution in [2.24, 2.45) is 0 Å². The number of fused-ring (bicyclic) bond motifs is 1. The van der Waals surface area contributed by atoms with Gasteiger partial charge >= 0.3 is 0 Å². The normalized spacial score (nSPS) is 20.1. The Hall–Kier alpha value is -1.52. The van der Waals surface area contributed by atoms with Crippen LogP contribution in [0.1, 0.15) is 25.5 Å². The lowest BCUT2D eigenvalue weighted by Crippen LogP contribution is -2.53. The van der Waals surface area contributed by atoms with E-state index in [1.807, 2.05) is 42.2 Å². The average Bonchev–Trinajstić information content (AvgIpc) is 2.90. The standard InChI is InChI=1S/C16H20N2O2.ClH/c1-11-10-17-7-8-18(11)16(19)12(2)15-9-13-5-3-4-6-14(13)20-15;/h3-6,9,11-12,17H,7-8,10H2,1-2H3;1H/t11-,12?;/m1./s1. The Balaban J connectivity index is 0.00000161. The predicted octanol–water partition coefficient (Wildman–Crippen LogP) is 2.78. The molecule has 1 unspecified atom stereocenters. The second kappa shape index (κ2) is 6.50. The minimum Gasteiger partial charge on any atom is -0.460 e. The Morgan fingerprint density at radius 1 is 1.43 bits per heavy atom. The van der Waals surface area contributed by atoms with Gasteiger partial charge in [0, 0.05) is 31.1 Å². The van der Waals surface area contributed by atoms with E-state index in [1.54, 1.807) is 0 Å². The summed E-state index contributed by atoms with van der Waals surface area (Å²) in [7, 11) is 0. The zero-order valence-electron chi connectivity index (χ0n) is 12.3. The number of hydrogen-bond donors (Lipinski definition) is 1. The molecule has 1 aliphatic rings. The van der Waals surface area contributed by atoms with Gasteiger partial charge in [-0.2, -0.15) is 0 Å². The number of amides is 1. The molecule has 0 spiro atoms. The molecule has 0 bridgehead atoms. The second-order valence-corrected chi connectivity index (χ2v) is 5.49. The maximum absolute atomic E-state index is 12.6. The highest BCUT2D eigenvalue weighted by molar-refractivity contribution is 5.86. The first kappa shape index (κ1) is 15.9. The van der Waals surface area contributed by atoms with E-state index in [0.717, 1.165) is 36.4 Å². The summed E-state index contributed by atoms with van der Waals surface area (Å²) < 4.78 is 5.81. The molecule has 1 fully saturated rings. The maximum atomic E-state index is 12.6. The third kappa shape index (κ3) is 3.06. The van der Waals surface area contributed by atoms with E-state index in [2.05, 4.69) is 12.2 Å². The Morgan fingerprint density at radius 2 is 2.19 bits per heavy atom. The molecule has 2 aromatic rings. The quantitative estimate of drug-likeness (QED) is 0.928. The zero-order chi connectivity index (χ0) is 14.1. The highest BCUT2D eigenvalue weighted by atomic mass is 35.5. The molecule has 4 nitrogen and oxygen atoms in total. The van der Waals surface area contributed by atoms with Crippen molar-refractivity contribution in [1.82, 2.24) is 10.2 Å². The molecule has 5 heteroatoms. The number of carbonyl (C=O) groups excluding carboxylic acids is 1. The van der Waals surface area contributed by atoms with Gasteiger partial charge in [-0.25, -0.2) is 0 Å². The van der Waals surface area contributed by atoms with Crippen molar-refractivity contribution in [2.45, 2.75) is 25.8 Å². The summed E-state index contributed by atoms with van der Waals surface area (Å²) in [5.41, 5.74) is 0.843. The number of furan rings is 1. The molecule has 0 radical (unpaired) electrons. The molecule has 2 atom stereocenters. The van der Waals surface area contributed by atoms with Crippen LogP contribution in [-0.2, 0) is 4.79 Å². The van der Waals surface area contributed by atoms with E-state index in [-0.39, 0.29) is 30.3 Å². The summed E-state index contributed by atoms with van der Waals surface area (Å²) >= 11 is 0. The van der Waals surface area contributed by atoms with Crippen LogP contribution in [-0.4, -0.2) is 36.5 Å². The molecule has 0 saturated carbocycles. The average molecular weight is 309 g/mol. The van der Waals surface area contributed by atoms with Gasteiger partial charge in [-0.15, -0.1) is 12.4 Å². The van der Waals surface area contributed by atoms with Gasteiger partial charge in [-0.3, -0.25) is 4.79 Å². The van der Waals surface area contributed by atoms with Gasteiger partial charge in [0.05, 0.1) is 5.92 Å². The maximum Gasteiger partial charge on any atom is 0.233 e. The summed E-state index contributed by atoms with van der Waals surface area (Å²) in [4.78, 5) is 14.6. The van der Waals surface area contributed by atoms with Crippen LogP contribution in [0.25, 0.3) is 11.0 Å². The van der Waals surface area contributed by atoms with Crippen molar-refractivity contribution >= 4 is 29.3 Å². The molecular weight excluding hydrogens is 288 g/mol. The summed E-state index contributed by atoms with van der Waals surface area (Å²) in [6, 6.07) is 10.1. The van der Waals surface area contributed by atoms with E-state index in [4.69, 9.17) is 4.42 Å². The number of piperazine rings is 1. The molecule has 114 valence electrons. The molecule has 1 N–H and O–H groups in total. The van der Waals surface area contributed by atoms with Gasteiger partial charge in [0.25, 0.3) is 0 Å². The lowest BCUT2D eigenvalue weighted by atomic mass is 10.0. The number of hydrogen-bond acceptors (Lipinski definition) is 3. The first-order chi connectivity index (χ1) is 9.66. The van der Waals surface area contributed by atoms with Crippen molar-refractivity contribution in [1.29, 1.82) is 0 Å². The summed E-state index contributed by atoms with van der Waals surface area (Å²) in [5, 5.41) is 4.35. The monoisotopic (exact) mass is 308 g/mol. The van der Waals surface area contributed by atoms with Crippen molar-refractivity contribution in [3.63, 3.8) is 0 Å². The lowest BCUT2D eigenvalue weighted by Gasteiger charge is -2.35. The van der Waals surface area contributed by atoms with E-state index in [0.29, 0.717) is 0 Å². The number of para-hydroxylation sites is 1. The molecule has 1 saturated heterocycles. The second-order valence-electron chi connectivity index (χ2n) is 5.49. The number of carbonyl (C=O) groups is 1. The molecule has 1 aliphatic heterocycles. The van der Waals surface area contributed by atoms with Crippen molar-refractivity contribution in [3.8, 4) is 0 Å². The van der Waals surface area contributed by atoms with Crippen LogP contribution in [0.3, 0.4) is 0 Å². The topological polar surface area (TPSA) is 45.5 Å². The van der Waals surface area contributed by atoms with Crippen LogP contribution in [0, 0.1) is 0 Å². The van der Waals surface area contributed by atoms with Crippen LogP contribution in [0.15, 0.2) is 34.7 Å². The Kier molecular flexibility index (Phi) is 4.91. The summed E-state index contributed by atoms with van der Waals surface area (Å²) in [6.07, 6.45) is 0. The first-order valence-corrected chi connectivity index (χ1v) is 7.16. The van der Waals surface area contributed by atoms with E-state index in [9.17, 15) is 4.79 Å². The molecule has 2 heterocycles. The highest BCUT2D eigenvalue weighted by Gasteiger charge is 2.29. The fourth-order valence-electron chi connectivity index (χ4n) is 2.75. The minimum absolute atomic E-state index is 0. The molecule has 0 aliphatic carbocycles. The SMILES string of the molecule is CC(C(=O)N1CCNC[C@H]1C)c1cc2ccccc2o1.Cl. The third-order valence-electron chi connectivity index (χ3n) is 4.03. The van der Waals surface area contributed by atoms with Crippen LogP contribution in [0.2, 0.25) is 0 Å². The first-order valence-electron chi connectivity index (χ1n) is 7.16. The lowest BCUT2D eigenvalue weighted by molar-refractivity contribution is -0.135. The van der Waals surface area contributed by atoms with Crippen LogP contribution < -0.4 is 5.32 Å². The van der Waals surface area contributed by atoms with Crippen LogP contribution >= 0.6 is 12.4 Å². The molecule has 21 heavy (non-hydrogen) atoms. The summed E-state index contributed by atoms with van der Waals surface area (Å²) in [6.45, 7) is 6.50. The van der Waals surface area contributed by atoms with Crippen LogP contribution in [0.4, 0.5) is 0 Å². The van der Waals surface area contributed by atoms with Gasteiger partial charge in [-0.1, -0.05) is 18.2 Å². The number of nitrogens with zero attached hydrogens (tertiary/aromatic N) is 1. The Morgan fingerprint density at radius 3 is 2.90 bits per heavy atom. The number of nitrogens with one attached hydrogen (secondary N) is 1. The zero-order valence-corrected chi connectivity index (χ0v) is 13.2.